The van der Waals surface area contributed by atoms with Gasteiger partial charge >= 0.3 is 11.9 Å². The molecular formula is C27H38N2O4. The predicted octanol–water partition coefficient (Wildman–Crippen LogP) is 6.43. The van der Waals surface area contributed by atoms with Gasteiger partial charge in [0.15, 0.2) is 11.5 Å². The monoisotopic (exact) mass is 454 g/mol. The zero-order valence-electron chi connectivity index (χ0n) is 19.6. The molecule has 2 aromatic carbocycles. The third kappa shape index (κ3) is 11.4. The van der Waals surface area contributed by atoms with Crippen LogP contribution in [0.25, 0.3) is 0 Å². The van der Waals surface area contributed by atoms with E-state index in [1.165, 1.54) is 32.1 Å². The van der Waals surface area contributed by atoms with E-state index < -0.39 is 0 Å². The van der Waals surface area contributed by atoms with Crippen molar-refractivity contribution in [1.29, 1.82) is 0 Å². The number of nitrogens with two attached hydrogens (primary N) is 2. The van der Waals surface area contributed by atoms with Gasteiger partial charge in [0.1, 0.15) is 0 Å². The number of hydrogen-bond acceptors (Lipinski definition) is 6. The van der Waals surface area contributed by atoms with Gasteiger partial charge in [-0.2, -0.15) is 0 Å². The Hall–Kier alpha value is -3.02. The normalized spacial score (nSPS) is 10.7. The molecule has 0 heterocycles. The van der Waals surface area contributed by atoms with E-state index in [0.717, 1.165) is 38.5 Å². The second kappa shape index (κ2) is 15.7. The van der Waals surface area contributed by atoms with Crippen LogP contribution in [0.2, 0.25) is 0 Å². The van der Waals surface area contributed by atoms with Crippen molar-refractivity contribution in [2.45, 2.75) is 83.5 Å². The highest BCUT2D eigenvalue weighted by molar-refractivity contribution is 5.75. The van der Waals surface area contributed by atoms with Crippen molar-refractivity contribution in [3.05, 3.63) is 48.5 Å². The molecule has 0 atom stereocenters. The Bertz CT molecular complexity index is 784. The molecule has 0 radical (unpaired) electrons. The van der Waals surface area contributed by atoms with Gasteiger partial charge in [-0.1, -0.05) is 82.1 Å². The molecule has 0 unspecified atom stereocenters. The van der Waals surface area contributed by atoms with Crippen molar-refractivity contribution < 1.29 is 19.1 Å². The Morgan fingerprint density at radius 2 is 0.818 bits per heavy atom. The van der Waals surface area contributed by atoms with E-state index in [2.05, 4.69) is 0 Å². The van der Waals surface area contributed by atoms with Gasteiger partial charge in [0, 0.05) is 12.8 Å². The number of carbonyl (C=O) groups is 2. The Kier molecular flexibility index (Phi) is 12.5. The number of anilines is 2. The molecule has 6 nitrogen and oxygen atoms in total. The maximum Gasteiger partial charge on any atom is 0.311 e. The highest BCUT2D eigenvalue weighted by Gasteiger charge is 2.08. The number of carbonyl (C=O) groups excluding carboxylic acids is 2. The number of rotatable bonds is 16. The fourth-order valence-corrected chi connectivity index (χ4v) is 3.62. The molecule has 0 spiro atoms. The SMILES string of the molecule is Nc1ccccc1OC(=O)CCCCCCCCCCCCCC(=O)Oc1ccccc1N. The number of esters is 2. The fraction of sp³-hybridized carbons (Fsp3) is 0.481. The Balaban J connectivity index is 1.35. The number of ether oxygens (including phenoxy) is 2. The molecule has 2 rings (SSSR count). The number of benzene rings is 2. The summed E-state index contributed by atoms with van der Waals surface area (Å²) in [6.45, 7) is 0. The lowest BCUT2D eigenvalue weighted by Crippen LogP contribution is -2.08. The fourth-order valence-electron chi connectivity index (χ4n) is 3.62. The molecule has 33 heavy (non-hydrogen) atoms. The third-order valence-corrected chi connectivity index (χ3v) is 5.55. The van der Waals surface area contributed by atoms with E-state index in [4.69, 9.17) is 20.9 Å². The van der Waals surface area contributed by atoms with E-state index in [1.807, 2.05) is 12.1 Å². The first-order chi connectivity index (χ1) is 16.1. The molecule has 2 aromatic rings. The van der Waals surface area contributed by atoms with E-state index in [0.29, 0.717) is 35.7 Å². The number of para-hydroxylation sites is 4. The van der Waals surface area contributed by atoms with Crippen LogP contribution < -0.4 is 20.9 Å². The topological polar surface area (TPSA) is 105 Å². The van der Waals surface area contributed by atoms with E-state index in [9.17, 15) is 9.59 Å². The van der Waals surface area contributed by atoms with E-state index in [1.54, 1.807) is 36.4 Å². The lowest BCUT2D eigenvalue weighted by Gasteiger charge is -2.07. The number of hydrogen-bond donors (Lipinski definition) is 2. The van der Waals surface area contributed by atoms with Crippen LogP contribution in [0.4, 0.5) is 11.4 Å². The van der Waals surface area contributed by atoms with Crippen LogP contribution in [-0.4, -0.2) is 11.9 Å². The summed E-state index contributed by atoms with van der Waals surface area (Å²) in [5.41, 5.74) is 12.5. The van der Waals surface area contributed by atoms with Gasteiger partial charge in [-0.05, 0) is 37.1 Å². The van der Waals surface area contributed by atoms with Crippen LogP contribution >= 0.6 is 0 Å². The van der Waals surface area contributed by atoms with Crippen LogP contribution in [0.1, 0.15) is 83.5 Å². The summed E-state index contributed by atoms with van der Waals surface area (Å²) in [6, 6.07) is 14.1. The van der Waals surface area contributed by atoms with Crippen LogP contribution in [0, 0.1) is 0 Å². The summed E-state index contributed by atoms with van der Waals surface area (Å²) in [6.07, 6.45) is 13.1. The van der Waals surface area contributed by atoms with Crippen molar-refractivity contribution in [1.82, 2.24) is 0 Å². The van der Waals surface area contributed by atoms with E-state index in [-0.39, 0.29) is 11.9 Å². The third-order valence-electron chi connectivity index (χ3n) is 5.55. The lowest BCUT2D eigenvalue weighted by molar-refractivity contribution is -0.135. The van der Waals surface area contributed by atoms with Crippen LogP contribution in [-0.2, 0) is 9.59 Å². The Labute approximate surface area is 197 Å². The van der Waals surface area contributed by atoms with Crippen molar-refractivity contribution in [3.63, 3.8) is 0 Å². The standard InChI is InChI=1S/C27H38N2O4/c28-22-16-12-14-18-24(22)32-26(30)20-10-8-6-4-2-1-3-5-7-9-11-21-27(31)33-25-19-15-13-17-23(25)29/h12-19H,1-11,20-21,28-29H2. The molecule has 0 aliphatic carbocycles. The minimum Gasteiger partial charge on any atom is -0.424 e. The molecule has 0 bridgehead atoms. The summed E-state index contributed by atoms with van der Waals surface area (Å²) in [4.78, 5) is 23.7. The molecule has 0 saturated carbocycles. The zero-order chi connectivity index (χ0) is 23.7. The summed E-state index contributed by atoms with van der Waals surface area (Å²) in [5, 5.41) is 0. The smallest absolute Gasteiger partial charge is 0.311 e. The van der Waals surface area contributed by atoms with Crippen molar-refractivity contribution in [2.75, 3.05) is 11.5 Å². The van der Waals surface area contributed by atoms with Crippen LogP contribution in [0.3, 0.4) is 0 Å². The zero-order valence-corrected chi connectivity index (χ0v) is 19.6. The molecule has 0 aliphatic rings. The highest BCUT2D eigenvalue weighted by atomic mass is 16.5. The maximum absolute atomic E-state index is 11.9. The van der Waals surface area contributed by atoms with E-state index >= 15 is 0 Å². The number of unbranched alkanes of at least 4 members (excludes halogenated alkanes) is 10. The van der Waals surface area contributed by atoms with Gasteiger partial charge in [0.05, 0.1) is 11.4 Å². The van der Waals surface area contributed by atoms with Crippen LogP contribution in [0.15, 0.2) is 48.5 Å². The molecule has 0 aromatic heterocycles. The molecule has 0 amide bonds. The Morgan fingerprint density at radius 3 is 1.15 bits per heavy atom. The first-order valence-corrected chi connectivity index (χ1v) is 12.2. The summed E-state index contributed by atoms with van der Waals surface area (Å²) in [5.74, 6) is 0.454. The molecular weight excluding hydrogens is 416 g/mol. The predicted molar refractivity (Wildman–Crippen MR) is 133 cm³/mol. The molecule has 6 heteroatoms. The van der Waals surface area contributed by atoms with Gasteiger partial charge in [-0.25, -0.2) is 0 Å². The Morgan fingerprint density at radius 1 is 0.515 bits per heavy atom. The molecule has 4 N–H and O–H groups in total. The minimum atomic E-state index is -0.217. The van der Waals surface area contributed by atoms with Gasteiger partial charge in [0.25, 0.3) is 0 Å². The molecule has 180 valence electrons. The molecule has 0 aliphatic heterocycles. The summed E-state index contributed by atoms with van der Waals surface area (Å²) in [7, 11) is 0. The average Bonchev–Trinajstić information content (AvgIpc) is 2.80. The summed E-state index contributed by atoms with van der Waals surface area (Å²) < 4.78 is 10.6. The molecule has 0 fully saturated rings. The lowest BCUT2D eigenvalue weighted by atomic mass is 10.0. The van der Waals surface area contributed by atoms with Crippen molar-refractivity contribution in [2.24, 2.45) is 0 Å². The summed E-state index contributed by atoms with van der Waals surface area (Å²) >= 11 is 0. The van der Waals surface area contributed by atoms with Gasteiger partial charge in [0.2, 0.25) is 0 Å². The van der Waals surface area contributed by atoms with Crippen molar-refractivity contribution in [3.8, 4) is 11.5 Å². The minimum absolute atomic E-state index is 0.217. The van der Waals surface area contributed by atoms with Gasteiger partial charge in [-0.3, -0.25) is 9.59 Å². The average molecular weight is 455 g/mol. The quantitative estimate of drug-likeness (QED) is 0.131. The maximum atomic E-state index is 11.9. The van der Waals surface area contributed by atoms with Gasteiger partial charge < -0.3 is 20.9 Å². The first kappa shape index (κ1) is 26.2. The second-order valence-electron chi connectivity index (χ2n) is 8.41. The van der Waals surface area contributed by atoms with Gasteiger partial charge in [-0.15, -0.1) is 0 Å². The largest absolute Gasteiger partial charge is 0.424 e. The number of nitrogen functional groups attached to an aromatic ring is 2. The highest BCUT2D eigenvalue weighted by Crippen LogP contribution is 2.22. The van der Waals surface area contributed by atoms with Crippen LogP contribution in [0.5, 0.6) is 11.5 Å². The molecule has 0 saturated heterocycles. The second-order valence-corrected chi connectivity index (χ2v) is 8.41. The first-order valence-electron chi connectivity index (χ1n) is 12.2. The van der Waals surface area contributed by atoms with Crippen molar-refractivity contribution >= 4 is 23.3 Å².